The van der Waals surface area contributed by atoms with Gasteiger partial charge in [-0.05, 0) is 49.4 Å². The Labute approximate surface area is 149 Å². The van der Waals surface area contributed by atoms with Crippen molar-refractivity contribution in [3.8, 4) is 0 Å². The van der Waals surface area contributed by atoms with Crippen LogP contribution in [0.4, 0.5) is 11.4 Å². The molecular weight excluding hydrogens is 336 g/mol. The average molecular weight is 352 g/mol. The highest BCUT2D eigenvalue weighted by atomic mass is 16.5. The number of carbonyl (C=O) groups is 4. The smallest absolute Gasteiger partial charge is 0.338 e. The number of nitrogens with zero attached hydrogens (tertiary/aromatic N) is 1. The third-order valence-corrected chi connectivity index (χ3v) is 3.84. The second kappa shape index (κ2) is 6.79. The van der Waals surface area contributed by atoms with Crippen molar-refractivity contribution < 1.29 is 23.9 Å². The quantitative estimate of drug-likeness (QED) is 0.674. The number of imide groups is 1. The molecule has 3 rings (SSSR count). The van der Waals surface area contributed by atoms with E-state index < -0.39 is 17.8 Å². The Hall–Kier alpha value is -3.48. The molecule has 3 amide bonds. The molecule has 0 bridgehead atoms. The summed E-state index contributed by atoms with van der Waals surface area (Å²) in [5.74, 6) is -1.74. The number of fused-ring (bicyclic) bond motifs is 1. The Kier molecular flexibility index (Phi) is 4.53. The van der Waals surface area contributed by atoms with Crippen LogP contribution in [0.5, 0.6) is 0 Å². The van der Waals surface area contributed by atoms with E-state index in [0.29, 0.717) is 11.4 Å². The van der Waals surface area contributed by atoms with Crippen LogP contribution in [0.15, 0.2) is 42.5 Å². The molecule has 1 heterocycles. The summed E-state index contributed by atoms with van der Waals surface area (Å²) in [6.45, 7) is 3.29. The van der Waals surface area contributed by atoms with Gasteiger partial charge in [-0.25, -0.2) is 9.69 Å². The molecule has 0 aliphatic carbocycles. The summed E-state index contributed by atoms with van der Waals surface area (Å²) in [6.07, 6.45) is 0. The Bertz CT molecular complexity index is 918. The van der Waals surface area contributed by atoms with Gasteiger partial charge in [-0.3, -0.25) is 14.4 Å². The van der Waals surface area contributed by atoms with Gasteiger partial charge in [-0.1, -0.05) is 0 Å². The fraction of sp³-hybridized carbons (Fsp3) is 0.158. The maximum absolute atomic E-state index is 12.7. The Morgan fingerprint density at radius 3 is 2.27 bits per heavy atom. The molecule has 0 aromatic heterocycles. The fourth-order valence-corrected chi connectivity index (χ4v) is 2.71. The van der Waals surface area contributed by atoms with Gasteiger partial charge in [0.1, 0.15) is 0 Å². The zero-order chi connectivity index (χ0) is 18.8. The van der Waals surface area contributed by atoms with Crippen LogP contribution in [0.3, 0.4) is 0 Å². The molecule has 7 heteroatoms. The summed E-state index contributed by atoms with van der Waals surface area (Å²) in [6, 6.07) is 10.6. The van der Waals surface area contributed by atoms with Crippen LogP contribution < -0.4 is 10.2 Å². The first-order chi connectivity index (χ1) is 12.4. The number of amides is 3. The Morgan fingerprint density at radius 1 is 1.00 bits per heavy atom. The van der Waals surface area contributed by atoms with Gasteiger partial charge in [0.05, 0.1) is 29.0 Å². The molecule has 0 fully saturated rings. The van der Waals surface area contributed by atoms with Crippen molar-refractivity contribution in [2.75, 3.05) is 16.8 Å². The first-order valence-corrected chi connectivity index (χ1v) is 8.00. The lowest BCUT2D eigenvalue weighted by Crippen LogP contribution is -2.29. The molecule has 0 atom stereocenters. The van der Waals surface area contributed by atoms with Crippen molar-refractivity contribution in [1.29, 1.82) is 0 Å². The molecule has 0 unspecified atom stereocenters. The highest BCUT2D eigenvalue weighted by molar-refractivity contribution is 6.34. The van der Waals surface area contributed by atoms with E-state index >= 15 is 0 Å². The van der Waals surface area contributed by atoms with Gasteiger partial charge in [0.2, 0.25) is 5.91 Å². The third-order valence-electron chi connectivity index (χ3n) is 3.84. The Morgan fingerprint density at radius 2 is 1.65 bits per heavy atom. The maximum atomic E-state index is 12.7. The summed E-state index contributed by atoms with van der Waals surface area (Å²) >= 11 is 0. The second-order valence-corrected chi connectivity index (χ2v) is 5.65. The molecule has 0 saturated heterocycles. The molecule has 26 heavy (non-hydrogen) atoms. The van der Waals surface area contributed by atoms with Crippen molar-refractivity contribution in [2.24, 2.45) is 0 Å². The summed E-state index contributed by atoms with van der Waals surface area (Å²) in [5, 5.41) is 2.62. The summed E-state index contributed by atoms with van der Waals surface area (Å²) < 4.78 is 4.92. The summed E-state index contributed by atoms with van der Waals surface area (Å²) in [7, 11) is 0. The molecule has 7 nitrogen and oxygen atoms in total. The van der Waals surface area contributed by atoms with E-state index in [1.165, 1.54) is 25.1 Å². The average Bonchev–Trinajstić information content (AvgIpc) is 2.86. The monoisotopic (exact) mass is 352 g/mol. The number of ether oxygens (including phenoxy) is 1. The van der Waals surface area contributed by atoms with Crippen LogP contribution in [-0.4, -0.2) is 30.3 Å². The molecule has 0 spiro atoms. The first-order valence-electron chi connectivity index (χ1n) is 8.00. The predicted octanol–water partition coefficient (Wildman–Crippen LogP) is 2.62. The highest BCUT2D eigenvalue weighted by Gasteiger charge is 2.37. The van der Waals surface area contributed by atoms with Gasteiger partial charge in [0.25, 0.3) is 11.8 Å². The second-order valence-electron chi connectivity index (χ2n) is 5.65. The SMILES string of the molecule is CCOC(=O)c1ccc2c(c1)C(=O)N(c1ccc(NC(C)=O)cc1)C2=O. The van der Waals surface area contributed by atoms with E-state index in [0.717, 1.165) is 4.90 Å². The standard InChI is InChI=1S/C19H16N2O5/c1-3-26-19(25)12-4-9-15-16(10-12)18(24)21(17(15)23)14-7-5-13(6-8-14)20-11(2)22/h4-10H,3H2,1-2H3,(H,20,22). The van der Waals surface area contributed by atoms with Crippen LogP contribution in [0.25, 0.3) is 0 Å². The molecule has 2 aromatic carbocycles. The molecular formula is C19H16N2O5. The number of hydrogen-bond donors (Lipinski definition) is 1. The topological polar surface area (TPSA) is 92.8 Å². The van der Waals surface area contributed by atoms with E-state index in [1.807, 2.05) is 0 Å². The minimum atomic E-state index is -0.548. The van der Waals surface area contributed by atoms with Crippen LogP contribution in [0, 0.1) is 0 Å². The lowest BCUT2D eigenvalue weighted by molar-refractivity contribution is -0.114. The maximum Gasteiger partial charge on any atom is 0.338 e. The van der Waals surface area contributed by atoms with Crippen LogP contribution in [0.2, 0.25) is 0 Å². The summed E-state index contributed by atoms with van der Waals surface area (Å²) in [4.78, 5) is 49.2. The van der Waals surface area contributed by atoms with Crippen molar-refractivity contribution >= 4 is 35.1 Å². The number of nitrogens with one attached hydrogen (secondary N) is 1. The van der Waals surface area contributed by atoms with Crippen LogP contribution in [-0.2, 0) is 9.53 Å². The van der Waals surface area contributed by atoms with E-state index in [-0.39, 0.29) is 29.2 Å². The van der Waals surface area contributed by atoms with E-state index in [1.54, 1.807) is 31.2 Å². The highest BCUT2D eigenvalue weighted by Crippen LogP contribution is 2.30. The minimum Gasteiger partial charge on any atom is -0.462 e. The number of esters is 1. The number of rotatable bonds is 4. The number of anilines is 2. The lowest BCUT2D eigenvalue weighted by atomic mass is 10.1. The summed E-state index contributed by atoms with van der Waals surface area (Å²) in [5.41, 5.74) is 1.54. The number of benzene rings is 2. The molecule has 2 aromatic rings. The zero-order valence-corrected chi connectivity index (χ0v) is 14.2. The zero-order valence-electron chi connectivity index (χ0n) is 14.2. The largest absolute Gasteiger partial charge is 0.462 e. The molecule has 1 N–H and O–H groups in total. The number of carbonyl (C=O) groups excluding carboxylic acids is 4. The van der Waals surface area contributed by atoms with Gasteiger partial charge in [0, 0.05) is 12.6 Å². The van der Waals surface area contributed by atoms with Crippen molar-refractivity contribution in [1.82, 2.24) is 0 Å². The fourth-order valence-electron chi connectivity index (χ4n) is 2.71. The molecule has 0 radical (unpaired) electrons. The third kappa shape index (κ3) is 3.06. The first kappa shape index (κ1) is 17.3. The normalized spacial score (nSPS) is 12.8. The van der Waals surface area contributed by atoms with Gasteiger partial charge in [0.15, 0.2) is 0 Å². The predicted molar refractivity (Wildman–Crippen MR) is 94.3 cm³/mol. The van der Waals surface area contributed by atoms with Crippen LogP contribution >= 0.6 is 0 Å². The number of hydrogen-bond acceptors (Lipinski definition) is 5. The van der Waals surface area contributed by atoms with Crippen molar-refractivity contribution in [2.45, 2.75) is 13.8 Å². The van der Waals surface area contributed by atoms with Gasteiger partial charge >= 0.3 is 5.97 Å². The Balaban J connectivity index is 1.91. The molecule has 132 valence electrons. The molecule has 1 aliphatic heterocycles. The van der Waals surface area contributed by atoms with Crippen LogP contribution in [0.1, 0.15) is 44.9 Å². The lowest BCUT2D eigenvalue weighted by Gasteiger charge is -2.14. The van der Waals surface area contributed by atoms with Crippen molar-refractivity contribution in [3.05, 3.63) is 59.2 Å². The van der Waals surface area contributed by atoms with Gasteiger partial charge in [-0.15, -0.1) is 0 Å². The van der Waals surface area contributed by atoms with Gasteiger partial charge in [-0.2, -0.15) is 0 Å². The van der Waals surface area contributed by atoms with E-state index in [4.69, 9.17) is 4.74 Å². The molecule has 1 aliphatic rings. The molecule has 0 saturated carbocycles. The minimum absolute atomic E-state index is 0.159. The van der Waals surface area contributed by atoms with E-state index in [9.17, 15) is 19.2 Å². The van der Waals surface area contributed by atoms with E-state index in [2.05, 4.69) is 5.32 Å². The van der Waals surface area contributed by atoms with Crippen molar-refractivity contribution in [3.63, 3.8) is 0 Å². The van der Waals surface area contributed by atoms with Gasteiger partial charge < -0.3 is 10.1 Å².